The molecule has 20 heavy (non-hydrogen) atoms. The third kappa shape index (κ3) is 3.66. The molecule has 1 heterocycles. The van der Waals surface area contributed by atoms with E-state index in [1.807, 2.05) is 36.1 Å². The minimum absolute atomic E-state index is 0. The van der Waals surface area contributed by atoms with E-state index in [9.17, 15) is 4.79 Å². The van der Waals surface area contributed by atoms with Crippen LogP contribution in [0.4, 0.5) is 0 Å². The summed E-state index contributed by atoms with van der Waals surface area (Å²) in [5.74, 6) is 0.453. The van der Waals surface area contributed by atoms with Crippen LogP contribution in [0.1, 0.15) is 31.7 Å². The summed E-state index contributed by atoms with van der Waals surface area (Å²) in [6.07, 6.45) is 1.00. The van der Waals surface area contributed by atoms with Gasteiger partial charge in [0.05, 0.1) is 5.92 Å². The molecule has 2 N–H and O–H groups in total. The molecular formula is C15H22Cl2N2O. The first-order chi connectivity index (χ1) is 9.02. The highest BCUT2D eigenvalue weighted by Crippen LogP contribution is 2.28. The molecule has 0 bridgehead atoms. The SMILES string of the molecule is CC(C(=O)N1CC(CN)CC1C)c1cccc(Cl)c1.Cl. The van der Waals surface area contributed by atoms with Crippen LogP contribution in [0.3, 0.4) is 0 Å². The number of carbonyl (C=O) groups is 1. The maximum Gasteiger partial charge on any atom is 0.230 e. The van der Waals surface area contributed by atoms with Crippen molar-refractivity contribution < 1.29 is 4.79 Å². The van der Waals surface area contributed by atoms with Gasteiger partial charge < -0.3 is 10.6 Å². The third-order valence-corrected chi connectivity index (χ3v) is 4.23. The molecule has 3 atom stereocenters. The minimum atomic E-state index is -0.155. The fourth-order valence-corrected chi connectivity index (χ4v) is 2.99. The van der Waals surface area contributed by atoms with Gasteiger partial charge in [-0.05, 0) is 50.4 Å². The Morgan fingerprint density at radius 3 is 2.80 bits per heavy atom. The Labute approximate surface area is 131 Å². The molecule has 0 aromatic heterocycles. The second-order valence-electron chi connectivity index (χ2n) is 5.45. The average molecular weight is 317 g/mol. The van der Waals surface area contributed by atoms with Gasteiger partial charge in [0.25, 0.3) is 0 Å². The van der Waals surface area contributed by atoms with E-state index in [1.54, 1.807) is 0 Å². The predicted molar refractivity (Wildman–Crippen MR) is 85.5 cm³/mol. The summed E-state index contributed by atoms with van der Waals surface area (Å²) in [5, 5.41) is 0.673. The van der Waals surface area contributed by atoms with Gasteiger partial charge >= 0.3 is 0 Å². The van der Waals surface area contributed by atoms with Crippen LogP contribution in [0.15, 0.2) is 24.3 Å². The maximum atomic E-state index is 12.6. The zero-order chi connectivity index (χ0) is 14.0. The summed E-state index contributed by atoms with van der Waals surface area (Å²) >= 11 is 5.99. The molecule has 2 rings (SSSR count). The molecule has 0 spiro atoms. The molecule has 0 radical (unpaired) electrons. The van der Waals surface area contributed by atoms with Crippen molar-refractivity contribution in [1.82, 2.24) is 4.90 Å². The van der Waals surface area contributed by atoms with Crippen molar-refractivity contribution in [2.45, 2.75) is 32.2 Å². The van der Waals surface area contributed by atoms with Gasteiger partial charge in [-0.25, -0.2) is 0 Å². The highest BCUT2D eigenvalue weighted by atomic mass is 35.5. The Morgan fingerprint density at radius 1 is 1.55 bits per heavy atom. The highest BCUT2D eigenvalue weighted by Gasteiger charge is 2.33. The van der Waals surface area contributed by atoms with Gasteiger partial charge in [-0.2, -0.15) is 0 Å². The van der Waals surface area contributed by atoms with Crippen LogP contribution < -0.4 is 5.73 Å². The van der Waals surface area contributed by atoms with Crippen LogP contribution in [-0.4, -0.2) is 29.9 Å². The van der Waals surface area contributed by atoms with E-state index in [-0.39, 0.29) is 30.3 Å². The number of hydrogen-bond acceptors (Lipinski definition) is 2. The molecule has 0 aliphatic carbocycles. The predicted octanol–water partition coefficient (Wildman–Crippen LogP) is 3.06. The zero-order valence-corrected chi connectivity index (χ0v) is 13.5. The summed E-state index contributed by atoms with van der Waals surface area (Å²) in [7, 11) is 0. The quantitative estimate of drug-likeness (QED) is 0.931. The Bertz CT molecular complexity index is 467. The number of halogens is 2. The van der Waals surface area contributed by atoms with Crippen molar-refractivity contribution in [3.05, 3.63) is 34.9 Å². The highest BCUT2D eigenvalue weighted by molar-refractivity contribution is 6.30. The molecule has 1 amide bonds. The van der Waals surface area contributed by atoms with E-state index in [4.69, 9.17) is 17.3 Å². The molecule has 1 saturated heterocycles. The second-order valence-corrected chi connectivity index (χ2v) is 5.89. The van der Waals surface area contributed by atoms with E-state index >= 15 is 0 Å². The summed E-state index contributed by atoms with van der Waals surface area (Å²) < 4.78 is 0. The first kappa shape index (κ1) is 17.3. The molecule has 1 aromatic carbocycles. The van der Waals surface area contributed by atoms with Crippen LogP contribution in [0.5, 0.6) is 0 Å². The second kappa shape index (κ2) is 7.30. The average Bonchev–Trinajstić information content (AvgIpc) is 2.78. The molecule has 0 saturated carbocycles. The van der Waals surface area contributed by atoms with Gasteiger partial charge in [0, 0.05) is 17.6 Å². The number of nitrogens with zero attached hydrogens (tertiary/aromatic N) is 1. The number of benzene rings is 1. The lowest BCUT2D eigenvalue weighted by Gasteiger charge is -2.25. The van der Waals surface area contributed by atoms with E-state index < -0.39 is 0 Å². The Balaban J connectivity index is 0.00000200. The van der Waals surface area contributed by atoms with Crippen LogP contribution >= 0.6 is 24.0 Å². The fraction of sp³-hybridized carbons (Fsp3) is 0.533. The summed E-state index contributed by atoms with van der Waals surface area (Å²) in [4.78, 5) is 14.5. The number of likely N-dealkylation sites (tertiary alicyclic amines) is 1. The van der Waals surface area contributed by atoms with Gasteiger partial charge in [0.15, 0.2) is 0 Å². The summed E-state index contributed by atoms with van der Waals surface area (Å²) in [6, 6.07) is 7.81. The molecule has 3 unspecified atom stereocenters. The summed E-state index contributed by atoms with van der Waals surface area (Å²) in [5.41, 5.74) is 6.68. The fourth-order valence-electron chi connectivity index (χ4n) is 2.79. The standard InChI is InChI=1S/C15H21ClN2O.ClH/c1-10-6-12(8-17)9-18(10)15(19)11(2)13-4-3-5-14(16)7-13;/h3-5,7,10-12H,6,8-9,17H2,1-2H3;1H. The molecule has 112 valence electrons. The molecular weight excluding hydrogens is 295 g/mol. The number of nitrogens with two attached hydrogens (primary N) is 1. The third-order valence-electron chi connectivity index (χ3n) is 4.00. The van der Waals surface area contributed by atoms with Gasteiger partial charge in [-0.3, -0.25) is 4.79 Å². The number of hydrogen-bond donors (Lipinski definition) is 1. The van der Waals surface area contributed by atoms with Gasteiger partial charge in [0.1, 0.15) is 0 Å². The maximum absolute atomic E-state index is 12.6. The van der Waals surface area contributed by atoms with Crippen LogP contribution in [-0.2, 0) is 4.79 Å². The first-order valence-electron chi connectivity index (χ1n) is 6.79. The molecule has 1 aliphatic heterocycles. The first-order valence-corrected chi connectivity index (χ1v) is 7.16. The smallest absolute Gasteiger partial charge is 0.230 e. The molecule has 1 aromatic rings. The van der Waals surface area contributed by atoms with Crippen molar-refractivity contribution in [3.8, 4) is 0 Å². The molecule has 1 aliphatic rings. The number of amides is 1. The van der Waals surface area contributed by atoms with Crippen molar-refractivity contribution in [3.63, 3.8) is 0 Å². The number of rotatable bonds is 3. The Kier molecular flexibility index (Phi) is 6.31. The normalized spacial score (nSPS) is 23.3. The Morgan fingerprint density at radius 2 is 2.25 bits per heavy atom. The van der Waals surface area contributed by atoms with Crippen molar-refractivity contribution in [1.29, 1.82) is 0 Å². The van der Waals surface area contributed by atoms with Crippen LogP contribution in [0.25, 0.3) is 0 Å². The molecule has 3 nitrogen and oxygen atoms in total. The van der Waals surface area contributed by atoms with E-state index in [0.717, 1.165) is 18.5 Å². The van der Waals surface area contributed by atoms with E-state index in [2.05, 4.69) is 6.92 Å². The van der Waals surface area contributed by atoms with Gasteiger partial charge in [0.2, 0.25) is 5.91 Å². The zero-order valence-electron chi connectivity index (χ0n) is 11.9. The van der Waals surface area contributed by atoms with Crippen molar-refractivity contribution >= 4 is 29.9 Å². The van der Waals surface area contributed by atoms with Crippen molar-refractivity contribution in [2.24, 2.45) is 11.7 Å². The number of carbonyl (C=O) groups excluding carboxylic acids is 1. The minimum Gasteiger partial charge on any atom is -0.339 e. The van der Waals surface area contributed by atoms with Crippen LogP contribution in [0, 0.1) is 5.92 Å². The van der Waals surface area contributed by atoms with Crippen molar-refractivity contribution in [2.75, 3.05) is 13.1 Å². The summed E-state index contributed by atoms with van der Waals surface area (Å²) in [6.45, 7) is 5.47. The largest absolute Gasteiger partial charge is 0.339 e. The van der Waals surface area contributed by atoms with Gasteiger partial charge in [-0.15, -0.1) is 12.4 Å². The topological polar surface area (TPSA) is 46.3 Å². The monoisotopic (exact) mass is 316 g/mol. The Hall–Kier alpha value is -0.770. The molecule has 5 heteroatoms. The lowest BCUT2D eigenvalue weighted by Crippen LogP contribution is -2.37. The van der Waals surface area contributed by atoms with E-state index in [0.29, 0.717) is 17.5 Å². The van der Waals surface area contributed by atoms with E-state index in [1.165, 1.54) is 0 Å². The lowest BCUT2D eigenvalue weighted by atomic mass is 9.99. The lowest BCUT2D eigenvalue weighted by molar-refractivity contribution is -0.133. The van der Waals surface area contributed by atoms with Gasteiger partial charge in [-0.1, -0.05) is 23.7 Å². The molecule has 1 fully saturated rings. The van der Waals surface area contributed by atoms with Crippen LogP contribution in [0.2, 0.25) is 5.02 Å².